The van der Waals surface area contributed by atoms with Crippen LogP contribution in [0.15, 0.2) is 60.1 Å². The van der Waals surface area contributed by atoms with Crippen molar-refractivity contribution >= 4 is 69.8 Å². The zero-order valence-electron chi connectivity index (χ0n) is 48.6. The highest BCUT2D eigenvalue weighted by Crippen LogP contribution is 2.63. The third-order valence-corrected chi connectivity index (χ3v) is 21.1. The summed E-state index contributed by atoms with van der Waals surface area (Å²) in [5, 5.41) is 27.9. The van der Waals surface area contributed by atoms with E-state index >= 15 is 4.39 Å². The van der Waals surface area contributed by atoms with Crippen molar-refractivity contribution in [3.8, 4) is 16.2 Å². The number of halogens is 4. The number of aromatic nitrogens is 1. The summed E-state index contributed by atoms with van der Waals surface area (Å²) in [5.41, 5.74) is 1.87. The van der Waals surface area contributed by atoms with Gasteiger partial charge in [0.25, 0.3) is 5.91 Å². The van der Waals surface area contributed by atoms with E-state index in [0.717, 1.165) is 111 Å². The van der Waals surface area contributed by atoms with Gasteiger partial charge in [-0.2, -0.15) is 0 Å². The molecule has 0 radical (unpaired) electrons. The second-order valence-electron chi connectivity index (χ2n) is 26.1. The van der Waals surface area contributed by atoms with E-state index in [-0.39, 0.29) is 67.2 Å². The number of rotatable bonds is 17. The number of hydrogen-bond donors (Lipinski definition) is 6. The van der Waals surface area contributed by atoms with Gasteiger partial charge in [0.2, 0.25) is 23.6 Å². The Morgan fingerprint density at radius 2 is 1.71 bits per heavy atom. The summed E-state index contributed by atoms with van der Waals surface area (Å²) in [6.07, 6.45) is 10.6. The van der Waals surface area contributed by atoms with E-state index < -0.39 is 69.7 Å². The number of ether oxygens (including phenoxy) is 1. The Labute approximate surface area is 505 Å². The molecule has 2 spiro atoms. The minimum absolute atomic E-state index is 0.0197. The first kappa shape index (κ1) is 60.4. The number of alkyl halides is 1. The third-order valence-electron chi connectivity index (χ3n) is 19.6. The van der Waals surface area contributed by atoms with Gasteiger partial charge in [-0.1, -0.05) is 93.6 Å². The lowest BCUT2D eigenvalue weighted by atomic mass is 9.55. The number of likely N-dealkylation sites (tertiary alicyclic amines) is 2. The molecule has 84 heavy (non-hydrogen) atoms. The van der Waals surface area contributed by atoms with E-state index in [1.54, 1.807) is 50.5 Å². The van der Waals surface area contributed by atoms with Crippen LogP contribution in [0.2, 0.25) is 10.0 Å². The number of benzene rings is 3. The predicted octanol–water partition coefficient (Wildman–Crippen LogP) is 10.1. The predicted molar refractivity (Wildman–Crippen MR) is 321 cm³/mol. The number of aliphatic hydroxyl groups is 1. The van der Waals surface area contributed by atoms with Crippen LogP contribution in [-0.4, -0.2) is 124 Å². The van der Waals surface area contributed by atoms with E-state index in [9.17, 15) is 33.5 Å². The molecule has 3 aromatic carbocycles. The lowest BCUT2D eigenvalue weighted by Gasteiger charge is -2.47. The lowest BCUT2D eigenvalue weighted by Crippen LogP contribution is -2.60. The topological polar surface area (TPSA) is 194 Å². The number of nitrogens with zero attached hydrogens (tertiary/aromatic N) is 3. The first-order valence-corrected chi connectivity index (χ1v) is 32.1. The zero-order chi connectivity index (χ0) is 59.3. The van der Waals surface area contributed by atoms with Gasteiger partial charge in [-0.25, -0.2) is 13.8 Å². The first-order valence-electron chi connectivity index (χ1n) is 30.5. The van der Waals surface area contributed by atoms with Gasteiger partial charge in [0.1, 0.15) is 29.1 Å². The molecule has 11 rings (SSSR count). The van der Waals surface area contributed by atoms with Crippen LogP contribution in [0.4, 0.5) is 14.5 Å². The molecule has 3 saturated heterocycles. The largest absolute Gasteiger partial charge is 0.493 e. The molecule has 15 nitrogen and oxygen atoms in total. The van der Waals surface area contributed by atoms with Crippen molar-refractivity contribution in [1.29, 1.82) is 0 Å². The standard InChI is InChI=1S/C64H80Cl2F2N8O7S/c1-37-54(84-36-71-37)40-13-14-41(33-70-56(78)50-32-44(77)35-76(50)58(80)55(61(2,3)4)73-59(81)62(68)25-26-62)51(30-40)83-29-9-10-38-21-27-75(28-22-38)57(79)39-15-18-43(19-16-39)69-34-49-52(45-11-8-12-47(66)53(45)67)64(63(74-49)23-6-5-7-24-63)46-20-17-42(65)31-48(46)72-60(64)82/h8,11-14,17,20,30-31,36,38-39,43-44,49-50,52,55,69,74,77H,5-7,9-10,15-16,18-19,21-29,32-35H2,1-4H3,(H,70,78)(H,72,82)(H,73,81)/t39?,43?,44-,49+,50+,52+,55-,64-/m1/s1. The quantitative estimate of drug-likeness (QED) is 0.0554. The van der Waals surface area contributed by atoms with E-state index in [2.05, 4.69) is 36.5 Å². The Morgan fingerprint density at radius 3 is 2.42 bits per heavy atom. The summed E-state index contributed by atoms with van der Waals surface area (Å²) < 4.78 is 37.7. The number of aryl methyl sites for hydroxylation is 1. The molecule has 20 heteroatoms. The monoisotopic (exact) mass is 1210 g/mol. The normalized spacial score (nSPS) is 26.7. The van der Waals surface area contributed by atoms with Gasteiger partial charge in [-0.3, -0.25) is 24.0 Å². The minimum Gasteiger partial charge on any atom is -0.493 e. The average Bonchev–Trinajstić information content (AvgIpc) is 1.54. The van der Waals surface area contributed by atoms with E-state index in [4.69, 9.17) is 27.9 Å². The molecule has 5 amide bonds. The van der Waals surface area contributed by atoms with Crippen molar-refractivity contribution in [2.75, 3.05) is 38.1 Å². The molecule has 3 saturated carbocycles. The van der Waals surface area contributed by atoms with Crippen molar-refractivity contribution in [3.05, 3.63) is 98.4 Å². The maximum Gasteiger partial charge on any atom is 0.258 e. The fourth-order valence-electron chi connectivity index (χ4n) is 15.0. The highest BCUT2D eigenvalue weighted by molar-refractivity contribution is 7.13. The highest BCUT2D eigenvalue weighted by Gasteiger charge is 2.71. The number of amides is 5. The molecule has 6 N–H and O–H groups in total. The van der Waals surface area contributed by atoms with Crippen LogP contribution in [0, 0.1) is 30.0 Å². The van der Waals surface area contributed by atoms with Gasteiger partial charge in [-0.05, 0) is 136 Å². The Kier molecular flexibility index (Phi) is 17.6. The maximum atomic E-state index is 16.4. The van der Waals surface area contributed by atoms with Crippen LogP contribution in [0.3, 0.4) is 0 Å². The molecule has 1 aromatic heterocycles. The molecule has 6 fully saturated rings. The summed E-state index contributed by atoms with van der Waals surface area (Å²) >= 11 is 14.5. The van der Waals surface area contributed by atoms with E-state index in [1.807, 2.05) is 37.3 Å². The molecular formula is C64H80Cl2F2N8O7S. The van der Waals surface area contributed by atoms with E-state index in [1.165, 1.54) is 16.2 Å². The van der Waals surface area contributed by atoms with Gasteiger partial charge in [0.15, 0.2) is 5.67 Å². The van der Waals surface area contributed by atoms with Crippen molar-refractivity contribution in [2.45, 2.75) is 190 Å². The number of anilines is 1. The number of fused-ring (bicyclic) bond motifs is 3. The van der Waals surface area contributed by atoms with Crippen LogP contribution in [0.1, 0.15) is 152 Å². The second-order valence-corrected chi connectivity index (χ2v) is 27.8. The van der Waals surface area contributed by atoms with Gasteiger partial charge in [0, 0.05) is 84.9 Å². The molecule has 6 atom stereocenters. The van der Waals surface area contributed by atoms with Crippen LogP contribution in [0.25, 0.3) is 10.4 Å². The molecule has 0 bridgehead atoms. The summed E-state index contributed by atoms with van der Waals surface area (Å²) in [5.74, 6) is -1.77. The number of thiazole rings is 1. The number of carbonyl (C=O) groups is 5. The number of β-amino-alcohol motifs (C(OH)–C–C–N with tert-alkyl or cyclic N) is 1. The minimum atomic E-state index is -1.98. The first-order chi connectivity index (χ1) is 40.2. The maximum absolute atomic E-state index is 16.4. The Hall–Kier alpha value is -5.24. The Bertz CT molecular complexity index is 3130. The molecule has 0 unspecified atom stereocenters. The number of carbonyl (C=O) groups excluding carboxylic acids is 5. The lowest BCUT2D eigenvalue weighted by molar-refractivity contribution is -0.145. The van der Waals surface area contributed by atoms with Crippen LogP contribution >= 0.6 is 34.5 Å². The summed E-state index contributed by atoms with van der Waals surface area (Å²) in [7, 11) is 0. The average molecular weight is 1210 g/mol. The molecule has 3 aliphatic carbocycles. The van der Waals surface area contributed by atoms with Gasteiger partial charge in [0.05, 0.1) is 33.8 Å². The number of aliphatic hydroxyl groups excluding tert-OH is 1. The molecule has 4 aliphatic heterocycles. The molecule has 5 heterocycles. The number of piperidine rings is 1. The van der Waals surface area contributed by atoms with Crippen molar-refractivity contribution in [1.82, 2.24) is 36.1 Å². The van der Waals surface area contributed by atoms with Crippen LogP contribution in [-0.2, 0) is 35.9 Å². The van der Waals surface area contributed by atoms with Crippen LogP contribution in [0.5, 0.6) is 5.75 Å². The zero-order valence-corrected chi connectivity index (χ0v) is 50.9. The van der Waals surface area contributed by atoms with Gasteiger partial charge < -0.3 is 46.2 Å². The Morgan fingerprint density at radius 1 is 0.964 bits per heavy atom. The SMILES string of the molecule is Cc1ncsc1-c1ccc(CNC(=O)[C@@H]2C[C@@H](O)CN2C(=O)[C@@H](NC(=O)C2(F)CC2)C(C)(C)C)c(OCCCC2CCN(C(=O)C3CCC(NC[C@@H]4NC5(CCCCC5)[C@@]5(C(=O)Nc6cc(Cl)ccc65)[C@H]4c4cccc(Cl)c4F)CC3)CC2)c1. The highest BCUT2D eigenvalue weighted by atomic mass is 35.5. The van der Waals surface area contributed by atoms with Gasteiger partial charge >= 0.3 is 0 Å². The van der Waals surface area contributed by atoms with Crippen molar-refractivity contribution in [3.63, 3.8) is 0 Å². The Balaban J connectivity index is 0.668. The fourth-order valence-corrected chi connectivity index (χ4v) is 16.1. The second kappa shape index (κ2) is 24.5. The van der Waals surface area contributed by atoms with E-state index in [0.29, 0.717) is 54.2 Å². The molecule has 4 aromatic rings. The molecule has 452 valence electrons. The fraction of sp³-hybridized carbons (Fsp3) is 0.594. The van der Waals surface area contributed by atoms with Gasteiger partial charge in [-0.15, -0.1) is 11.3 Å². The molecule has 7 aliphatic rings. The summed E-state index contributed by atoms with van der Waals surface area (Å²) in [6.45, 7) is 9.65. The number of hydrogen-bond acceptors (Lipinski definition) is 11. The van der Waals surface area contributed by atoms with Crippen molar-refractivity contribution < 1.29 is 42.6 Å². The summed E-state index contributed by atoms with van der Waals surface area (Å²) in [4.78, 5) is 78.5. The smallest absolute Gasteiger partial charge is 0.258 e. The molecular weight excluding hydrogens is 1130 g/mol. The van der Waals surface area contributed by atoms with Crippen molar-refractivity contribution in [2.24, 2.45) is 17.3 Å². The third kappa shape index (κ3) is 11.9. The number of nitrogens with one attached hydrogen (secondary N) is 5. The summed E-state index contributed by atoms with van der Waals surface area (Å²) in [6, 6.07) is 14.3. The van der Waals surface area contributed by atoms with Crippen LogP contribution < -0.4 is 31.3 Å².